The Bertz CT molecular complexity index is 530. The van der Waals surface area contributed by atoms with Gasteiger partial charge in [-0.15, -0.1) is 0 Å². The van der Waals surface area contributed by atoms with E-state index in [9.17, 15) is 4.79 Å². The van der Waals surface area contributed by atoms with E-state index in [1.54, 1.807) is 7.11 Å². The van der Waals surface area contributed by atoms with Crippen LogP contribution in [0.25, 0.3) is 11.1 Å². The zero-order valence-electron chi connectivity index (χ0n) is 9.94. The second kappa shape index (κ2) is 4.83. The maximum Gasteiger partial charge on any atom is 0.154 e. The number of rotatable bonds is 3. The van der Waals surface area contributed by atoms with E-state index in [1.807, 2.05) is 49.4 Å². The molecule has 2 aromatic carbocycles. The van der Waals surface area contributed by atoms with Gasteiger partial charge in [-0.25, -0.2) is 0 Å². The van der Waals surface area contributed by atoms with Gasteiger partial charge in [0.05, 0.1) is 12.7 Å². The summed E-state index contributed by atoms with van der Waals surface area (Å²) in [5, 5.41) is 0. The molecular weight excluding hydrogens is 212 g/mol. The number of aryl methyl sites for hydroxylation is 1. The first kappa shape index (κ1) is 11.4. The van der Waals surface area contributed by atoms with Crippen LogP contribution >= 0.6 is 0 Å². The number of hydrogen-bond acceptors (Lipinski definition) is 2. The molecule has 0 radical (unpaired) electrons. The van der Waals surface area contributed by atoms with E-state index < -0.39 is 0 Å². The van der Waals surface area contributed by atoms with Gasteiger partial charge in [0.1, 0.15) is 5.75 Å². The molecule has 0 aliphatic carbocycles. The predicted molar refractivity (Wildman–Crippen MR) is 68.6 cm³/mol. The van der Waals surface area contributed by atoms with Crippen molar-refractivity contribution in [1.29, 1.82) is 0 Å². The van der Waals surface area contributed by atoms with Gasteiger partial charge >= 0.3 is 0 Å². The lowest BCUT2D eigenvalue weighted by atomic mass is 9.97. The van der Waals surface area contributed by atoms with Crippen molar-refractivity contribution in [1.82, 2.24) is 0 Å². The second-order valence-corrected chi connectivity index (χ2v) is 3.91. The Morgan fingerprint density at radius 3 is 2.41 bits per heavy atom. The van der Waals surface area contributed by atoms with Crippen LogP contribution in [-0.2, 0) is 0 Å². The van der Waals surface area contributed by atoms with Crippen molar-refractivity contribution in [3.63, 3.8) is 0 Å². The van der Waals surface area contributed by atoms with Crippen molar-refractivity contribution < 1.29 is 9.53 Å². The first-order chi connectivity index (χ1) is 8.26. The maximum absolute atomic E-state index is 11.2. The molecule has 0 bridgehead atoms. The molecule has 0 N–H and O–H groups in total. The third kappa shape index (κ3) is 2.21. The Kier molecular flexibility index (Phi) is 3.24. The van der Waals surface area contributed by atoms with E-state index in [2.05, 4.69) is 0 Å². The molecule has 0 amide bonds. The van der Waals surface area contributed by atoms with Gasteiger partial charge < -0.3 is 4.74 Å². The van der Waals surface area contributed by atoms with Crippen LogP contribution in [0.1, 0.15) is 15.9 Å². The van der Waals surface area contributed by atoms with E-state index in [1.165, 1.54) is 0 Å². The fraction of sp³-hybridized carbons (Fsp3) is 0.133. The zero-order chi connectivity index (χ0) is 12.3. The highest BCUT2D eigenvalue weighted by molar-refractivity contribution is 5.91. The van der Waals surface area contributed by atoms with Crippen LogP contribution in [0, 0.1) is 6.92 Å². The highest BCUT2D eigenvalue weighted by atomic mass is 16.5. The van der Waals surface area contributed by atoms with Gasteiger partial charge in [-0.1, -0.05) is 36.4 Å². The van der Waals surface area contributed by atoms with Gasteiger partial charge in [-0.3, -0.25) is 4.79 Å². The average Bonchev–Trinajstić information content (AvgIpc) is 2.38. The quantitative estimate of drug-likeness (QED) is 0.749. The van der Waals surface area contributed by atoms with Crippen LogP contribution < -0.4 is 4.74 Å². The molecular formula is C15H14O2. The zero-order valence-corrected chi connectivity index (χ0v) is 9.94. The molecule has 0 aliphatic heterocycles. The van der Waals surface area contributed by atoms with Crippen LogP contribution in [0.4, 0.5) is 0 Å². The smallest absolute Gasteiger partial charge is 0.154 e. The van der Waals surface area contributed by atoms with Crippen molar-refractivity contribution in [2.75, 3.05) is 7.11 Å². The third-order valence-corrected chi connectivity index (χ3v) is 2.71. The summed E-state index contributed by atoms with van der Waals surface area (Å²) in [6.45, 7) is 1.99. The van der Waals surface area contributed by atoms with Crippen LogP contribution in [0.5, 0.6) is 5.75 Å². The topological polar surface area (TPSA) is 26.3 Å². The number of carbonyl (C=O) groups is 1. The molecule has 17 heavy (non-hydrogen) atoms. The van der Waals surface area contributed by atoms with Crippen LogP contribution in [0.3, 0.4) is 0 Å². The van der Waals surface area contributed by atoms with Gasteiger partial charge in [0, 0.05) is 0 Å². The second-order valence-electron chi connectivity index (χ2n) is 3.91. The number of methoxy groups -OCH3 is 1. The first-order valence-electron chi connectivity index (χ1n) is 5.45. The Balaban J connectivity index is 2.68. The van der Waals surface area contributed by atoms with Crippen LogP contribution in [0.15, 0.2) is 42.5 Å². The third-order valence-electron chi connectivity index (χ3n) is 2.71. The van der Waals surface area contributed by atoms with Crippen molar-refractivity contribution in [2.24, 2.45) is 0 Å². The summed E-state index contributed by atoms with van der Waals surface area (Å²) in [4.78, 5) is 11.2. The number of aldehydes is 1. The van der Waals surface area contributed by atoms with Crippen molar-refractivity contribution in [3.8, 4) is 16.9 Å². The summed E-state index contributed by atoms with van der Waals surface area (Å²) in [5.41, 5.74) is 3.62. The minimum Gasteiger partial charge on any atom is -0.496 e. The molecule has 86 valence electrons. The van der Waals surface area contributed by atoms with Crippen molar-refractivity contribution in [3.05, 3.63) is 53.6 Å². The minimum atomic E-state index is 0.601. The molecule has 2 rings (SSSR count). The lowest BCUT2D eigenvalue weighted by Crippen LogP contribution is -1.95. The monoisotopic (exact) mass is 226 g/mol. The van der Waals surface area contributed by atoms with Gasteiger partial charge in [-0.2, -0.15) is 0 Å². The maximum atomic E-state index is 11.2. The van der Waals surface area contributed by atoms with Gasteiger partial charge in [-0.05, 0) is 29.7 Å². The normalized spacial score (nSPS) is 10.0. The Morgan fingerprint density at radius 1 is 1.12 bits per heavy atom. The minimum absolute atomic E-state index is 0.601. The predicted octanol–water partition coefficient (Wildman–Crippen LogP) is 3.48. The summed E-state index contributed by atoms with van der Waals surface area (Å²) in [5.74, 6) is 0.624. The fourth-order valence-corrected chi connectivity index (χ4v) is 1.91. The number of benzene rings is 2. The molecule has 2 nitrogen and oxygen atoms in total. The lowest BCUT2D eigenvalue weighted by Gasteiger charge is -2.11. The highest BCUT2D eigenvalue weighted by Gasteiger charge is 2.11. The van der Waals surface area contributed by atoms with E-state index in [0.29, 0.717) is 11.3 Å². The van der Waals surface area contributed by atoms with Crippen LogP contribution in [0.2, 0.25) is 0 Å². The molecule has 2 aromatic rings. The molecule has 0 aromatic heterocycles. The largest absolute Gasteiger partial charge is 0.496 e. The lowest BCUT2D eigenvalue weighted by molar-refractivity contribution is 0.112. The average molecular weight is 226 g/mol. The molecule has 0 saturated carbocycles. The summed E-state index contributed by atoms with van der Waals surface area (Å²) < 4.78 is 5.25. The van der Waals surface area contributed by atoms with E-state index in [0.717, 1.165) is 23.0 Å². The van der Waals surface area contributed by atoms with Crippen molar-refractivity contribution in [2.45, 2.75) is 6.92 Å². The highest BCUT2D eigenvalue weighted by Crippen LogP contribution is 2.30. The SMILES string of the molecule is COc1cc(C)cc(-c2ccccc2)c1C=O. The fourth-order valence-electron chi connectivity index (χ4n) is 1.91. The first-order valence-corrected chi connectivity index (χ1v) is 5.45. The molecule has 0 atom stereocenters. The van der Waals surface area contributed by atoms with Crippen LogP contribution in [-0.4, -0.2) is 13.4 Å². The Morgan fingerprint density at radius 2 is 1.82 bits per heavy atom. The van der Waals surface area contributed by atoms with E-state index in [4.69, 9.17) is 4.74 Å². The van der Waals surface area contributed by atoms with Gasteiger partial charge in [0.2, 0.25) is 0 Å². The molecule has 2 heteroatoms. The van der Waals surface area contributed by atoms with E-state index >= 15 is 0 Å². The summed E-state index contributed by atoms with van der Waals surface area (Å²) >= 11 is 0. The summed E-state index contributed by atoms with van der Waals surface area (Å²) in [6.07, 6.45) is 0.848. The van der Waals surface area contributed by atoms with Crippen molar-refractivity contribution >= 4 is 6.29 Å². The number of ether oxygens (including phenoxy) is 1. The summed E-state index contributed by atoms with van der Waals surface area (Å²) in [6, 6.07) is 13.7. The Hall–Kier alpha value is -2.09. The molecule has 0 spiro atoms. The molecule has 0 heterocycles. The van der Waals surface area contributed by atoms with E-state index in [-0.39, 0.29) is 0 Å². The van der Waals surface area contributed by atoms with Gasteiger partial charge in [0.15, 0.2) is 6.29 Å². The standard InChI is InChI=1S/C15H14O2/c1-11-8-13(12-6-4-3-5-7-12)14(10-16)15(9-11)17-2/h3-10H,1-2H3. The molecule has 0 fully saturated rings. The molecule has 0 aliphatic rings. The number of hydrogen-bond donors (Lipinski definition) is 0. The molecule has 0 saturated heterocycles. The Labute approximate surface area is 101 Å². The summed E-state index contributed by atoms with van der Waals surface area (Å²) in [7, 11) is 1.58. The molecule has 0 unspecified atom stereocenters. The van der Waals surface area contributed by atoms with Gasteiger partial charge in [0.25, 0.3) is 0 Å². The number of carbonyl (C=O) groups excluding carboxylic acids is 1.